The average Bonchev–Trinajstić information content (AvgIpc) is 3.11. The highest BCUT2D eigenvalue weighted by atomic mass is 19.1. The van der Waals surface area contributed by atoms with Crippen LogP contribution in [-0.2, 0) is 11.2 Å². The maximum absolute atomic E-state index is 12.9. The van der Waals surface area contributed by atoms with Gasteiger partial charge in [0.2, 0.25) is 5.91 Å². The fourth-order valence-corrected chi connectivity index (χ4v) is 4.07. The van der Waals surface area contributed by atoms with Crippen LogP contribution in [0.5, 0.6) is 0 Å². The van der Waals surface area contributed by atoms with Crippen LogP contribution in [0, 0.1) is 5.92 Å². The van der Waals surface area contributed by atoms with Crippen LogP contribution >= 0.6 is 0 Å². The molecular weight excluding hydrogens is 353 g/mol. The van der Waals surface area contributed by atoms with Crippen LogP contribution < -0.4 is 10.6 Å². The van der Waals surface area contributed by atoms with Gasteiger partial charge in [0.05, 0.1) is 12.6 Å². The first-order chi connectivity index (χ1) is 13.6. The van der Waals surface area contributed by atoms with E-state index >= 15 is 0 Å². The third kappa shape index (κ3) is 4.82. The van der Waals surface area contributed by atoms with Crippen molar-refractivity contribution in [2.24, 2.45) is 5.92 Å². The number of H-pyrrole nitrogens is 1. The van der Waals surface area contributed by atoms with Gasteiger partial charge in [0, 0.05) is 29.7 Å². The van der Waals surface area contributed by atoms with Crippen molar-refractivity contribution in [1.29, 1.82) is 0 Å². The number of hydrogen-bond acceptors (Lipinski definition) is 2. The minimum atomic E-state index is -0.337. The van der Waals surface area contributed by atoms with E-state index in [9.17, 15) is 9.18 Å². The van der Waals surface area contributed by atoms with E-state index < -0.39 is 0 Å². The average molecular weight is 386 g/mol. The quantitative estimate of drug-likeness (QED) is 0.532. The summed E-state index contributed by atoms with van der Waals surface area (Å²) in [6.45, 7) is 4.96. The number of alkyl halides is 1. The van der Waals surface area contributed by atoms with Crippen LogP contribution in [0.1, 0.15) is 50.7 Å². The molecule has 0 saturated carbocycles. The molecule has 0 saturated heterocycles. The zero-order valence-corrected chi connectivity index (χ0v) is 17.0. The predicted molar refractivity (Wildman–Crippen MR) is 114 cm³/mol. The van der Waals surface area contributed by atoms with Crippen LogP contribution in [0.4, 0.5) is 4.39 Å². The number of rotatable bonds is 10. The normalized spacial score (nSPS) is 17.0. The Balaban J connectivity index is 1.82. The molecule has 3 N–H and O–H groups in total. The van der Waals surface area contributed by atoms with Gasteiger partial charge in [-0.3, -0.25) is 9.18 Å². The lowest BCUT2D eigenvalue weighted by Gasteiger charge is -2.22. The molecule has 0 spiro atoms. The molecule has 1 amide bonds. The topological polar surface area (TPSA) is 56.9 Å². The lowest BCUT2D eigenvalue weighted by molar-refractivity contribution is -0.124. The van der Waals surface area contributed by atoms with Gasteiger partial charge in [-0.05, 0) is 61.9 Å². The highest BCUT2D eigenvalue weighted by Gasteiger charge is 2.22. The summed E-state index contributed by atoms with van der Waals surface area (Å²) in [7, 11) is 0. The Bertz CT molecular complexity index is 826. The Hall–Kier alpha value is -2.14. The molecule has 1 aromatic carbocycles. The van der Waals surface area contributed by atoms with E-state index in [2.05, 4.69) is 59.9 Å². The van der Waals surface area contributed by atoms with Crippen LogP contribution in [0.3, 0.4) is 0 Å². The molecule has 3 rings (SSSR count). The largest absolute Gasteiger partial charge is 0.361 e. The van der Waals surface area contributed by atoms with Crippen LogP contribution in [-0.4, -0.2) is 36.7 Å². The minimum Gasteiger partial charge on any atom is -0.361 e. The SMILES string of the molecule is CCC[C@@H](C)NC(=O)C(/C=C1\CCc2c[nH]c3cccc1c23)CNCCCF. The summed E-state index contributed by atoms with van der Waals surface area (Å²) < 4.78 is 12.4. The lowest BCUT2D eigenvalue weighted by atomic mass is 9.86. The Morgan fingerprint density at radius 2 is 2.21 bits per heavy atom. The van der Waals surface area contributed by atoms with Gasteiger partial charge < -0.3 is 15.6 Å². The Morgan fingerprint density at radius 3 is 3.00 bits per heavy atom. The Labute approximate surface area is 167 Å². The summed E-state index contributed by atoms with van der Waals surface area (Å²) in [5.74, 6) is -0.210. The molecule has 0 fully saturated rings. The molecule has 2 aromatic rings. The fourth-order valence-electron chi connectivity index (χ4n) is 4.07. The first kappa shape index (κ1) is 20.6. The number of aromatic nitrogens is 1. The molecule has 1 aliphatic rings. The molecule has 1 heterocycles. The summed E-state index contributed by atoms with van der Waals surface area (Å²) in [5.41, 5.74) is 4.95. The maximum atomic E-state index is 12.9. The first-order valence-electron chi connectivity index (χ1n) is 10.5. The number of aromatic amines is 1. The number of carbonyl (C=O) groups is 1. The van der Waals surface area contributed by atoms with Crippen molar-refractivity contribution in [1.82, 2.24) is 15.6 Å². The van der Waals surface area contributed by atoms with Gasteiger partial charge in [-0.1, -0.05) is 31.6 Å². The van der Waals surface area contributed by atoms with E-state index in [1.807, 2.05) is 0 Å². The molecule has 1 aliphatic carbocycles. The highest BCUT2D eigenvalue weighted by molar-refractivity contribution is 5.97. The third-order valence-electron chi connectivity index (χ3n) is 5.50. The summed E-state index contributed by atoms with van der Waals surface area (Å²) in [6.07, 6.45) is 8.63. The number of halogens is 1. The van der Waals surface area contributed by atoms with E-state index in [0.29, 0.717) is 19.5 Å². The van der Waals surface area contributed by atoms with Gasteiger partial charge in [-0.2, -0.15) is 0 Å². The van der Waals surface area contributed by atoms with Gasteiger partial charge in [-0.25, -0.2) is 0 Å². The zero-order chi connectivity index (χ0) is 19.9. The number of hydrogen-bond donors (Lipinski definition) is 3. The molecule has 5 heteroatoms. The van der Waals surface area contributed by atoms with Gasteiger partial charge in [0.25, 0.3) is 0 Å². The van der Waals surface area contributed by atoms with Gasteiger partial charge in [-0.15, -0.1) is 0 Å². The number of allylic oxidation sites excluding steroid dienone is 1. The summed E-state index contributed by atoms with van der Waals surface area (Å²) >= 11 is 0. The lowest BCUT2D eigenvalue weighted by Crippen LogP contribution is -2.40. The Morgan fingerprint density at radius 1 is 1.36 bits per heavy atom. The van der Waals surface area contributed by atoms with E-state index in [0.717, 1.165) is 31.2 Å². The van der Waals surface area contributed by atoms with Gasteiger partial charge in [0.15, 0.2) is 0 Å². The molecular formula is C23H32FN3O. The summed E-state index contributed by atoms with van der Waals surface area (Å²) in [5, 5.41) is 7.68. The molecule has 4 nitrogen and oxygen atoms in total. The summed E-state index contributed by atoms with van der Waals surface area (Å²) in [4.78, 5) is 16.3. The second-order valence-corrected chi connectivity index (χ2v) is 7.79. The minimum absolute atomic E-state index is 0.0493. The first-order valence-corrected chi connectivity index (χ1v) is 10.5. The number of aryl methyl sites for hydroxylation is 1. The van der Waals surface area contributed by atoms with Gasteiger partial charge >= 0.3 is 0 Å². The molecule has 1 unspecified atom stereocenters. The molecule has 1 aromatic heterocycles. The molecule has 0 bridgehead atoms. The highest BCUT2D eigenvalue weighted by Crippen LogP contribution is 2.36. The zero-order valence-electron chi connectivity index (χ0n) is 17.0. The Kier molecular flexibility index (Phi) is 7.26. The van der Waals surface area contributed by atoms with E-state index in [1.54, 1.807) is 0 Å². The monoisotopic (exact) mass is 385 g/mol. The molecule has 28 heavy (non-hydrogen) atoms. The van der Waals surface area contributed by atoms with Crippen molar-refractivity contribution < 1.29 is 9.18 Å². The van der Waals surface area contributed by atoms with Crippen molar-refractivity contribution in [3.05, 3.63) is 41.6 Å². The van der Waals surface area contributed by atoms with Crippen molar-refractivity contribution >= 4 is 22.4 Å². The van der Waals surface area contributed by atoms with E-state index in [1.165, 1.54) is 22.1 Å². The molecule has 2 atom stereocenters. The second kappa shape index (κ2) is 9.87. The number of amides is 1. The van der Waals surface area contributed by atoms with Gasteiger partial charge in [0.1, 0.15) is 0 Å². The van der Waals surface area contributed by atoms with Crippen molar-refractivity contribution in [3.63, 3.8) is 0 Å². The summed E-state index contributed by atoms with van der Waals surface area (Å²) in [6, 6.07) is 6.47. The van der Waals surface area contributed by atoms with E-state index in [-0.39, 0.29) is 24.5 Å². The number of carbonyl (C=O) groups excluding carboxylic acids is 1. The van der Waals surface area contributed by atoms with Crippen molar-refractivity contribution in [3.8, 4) is 0 Å². The predicted octanol–water partition coefficient (Wildman–Crippen LogP) is 4.37. The molecule has 0 radical (unpaired) electrons. The smallest absolute Gasteiger partial charge is 0.228 e. The third-order valence-corrected chi connectivity index (χ3v) is 5.50. The van der Waals surface area contributed by atoms with E-state index in [4.69, 9.17) is 0 Å². The van der Waals surface area contributed by atoms with Crippen molar-refractivity contribution in [2.45, 2.75) is 52.0 Å². The van der Waals surface area contributed by atoms with Crippen LogP contribution in [0.15, 0.2) is 30.5 Å². The molecule has 0 aliphatic heterocycles. The fraction of sp³-hybridized carbons (Fsp3) is 0.522. The van der Waals surface area contributed by atoms with Crippen LogP contribution in [0.2, 0.25) is 0 Å². The van der Waals surface area contributed by atoms with Crippen LogP contribution in [0.25, 0.3) is 16.5 Å². The van der Waals surface area contributed by atoms with Crippen molar-refractivity contribution in [2.75, 3.05) is 19.8 Å². The number of nitrogens with one attached hydrogen (secondary N) is 3. The molecule has 152 valence electrons. The number of benzene rings is 1. The maximum Gasteiger partial charge on any atom is 0.228 e. The second-order valence-electron chi connectivity index (χ2n) is 7.79. The standard InChI is InChI=1S/C23H32FN3O/c1-3-6-16(2)27-23(28)19(14-25-12-5-11-24)13-17-9-10-18-15-26-21-8-4-7-20(17)22(18)21/h4,7-8,13,15-16,19,25-26H,3,5-6,9-12,14H2,1-2H3,(H,27,28)/b17-13+/t16-,19?/m1/s1.